The van der Waals surface area contributed by atoms with Gasteiger partial charge in [0, 0.05) is 29.9 Å². The molecule has 7 heteroatoms. The normalized spacial score (nSPS) is 10.4. The molecular formula is C14H14ClN3O3. The van der Waals surface area contributed by atoms with Crippen LogP contribution in [0.2, 0.25) is 5.02 Å². The molecule has 0 aliphatic heterocycles. The highest BCUT2D eigenvalue weighted by atomic mass is 35.5. The number of aromatic nitrogens is 2. The van der Waals surface area contributed by atoms with E-state index >= 15 is 0 Å². The monoisotopic (exact) mass is 307 g/mol. The number of hydrogen-bond acceptors (Lipinski definition) is 3. The largest absolute Gasteiger partial charge is 0.476 e. The number of nitrogens with zero attached hydrogens (tertiary/aromatic N) is 2. The third kappa shape index (κ3) is 3.82. The van der Waals surface area contributed by atoms with Crippen LogP contribution in [-0.4, -0.2) is 33.1 Å². The Morgan fingerprint density at radius 2 is 2.19 bits per heavy atom. The second kappa shape index (κ2) is 6.41. The Hall–Kier alpha value is -2.34. The SMILES string of the molecule is Cc1cc(Cl)ccc1C(=O)NCCn1cnc(C(=O)O)c1. The van der Waals surface area contributed by atoms with Crippen LogP contribution in [0.4, 0.5) is 0 Å². The van der Waals surface area contributed by atoms with E-state index in [2.05, 4.69) is 10.3 Å². The minimum absolute atomic E-state index is 0.0186. The molecule has 0 saturated heterocycles. The Bertz CT molecular complexity index is 682. The van der Waals surface area contributed by atoms with Crippen LogP contribution in [0.1, 0.15) is 26.4 Å². The van der Waals surface area contributed by atoms with Crippen molar-refractivity contribution < 1.29 is 14.7 Å². The summed E-state index contributed by atoms with van der Waals surface area (Å²) >= 11 is 5.84. The summed E-state index contributed by atoms with van der Waals surface area (Å²) in [7, 11) is 0. The fourth-order valence-corrected chi connectivity index (χ4v) is 2.10. The Morgan fingerprint density at radius 1 is 1.43 bits per heavy atom. The van der Waals surface area contributed by atoms with Gasteiger partial charge in [0.2, 0.25) is 0 Å². The van der Waals surface area contributed by atoms with E-state index in [4.69, 9.17) is 16.7 Å². The van der Waals surface area contributed by atoms with E-state index in [1.807, 2.05) is 6.92 Å². The standard InChI is InChI=1S/C14H14ClN3O3/c1-9-6-10(15)2-3-11(9)13(19)16-4-5-18-7-12(14(20)21)17-8-18/h2-3,6-8H,4-5H2,1H3,(H,16,19)(H,20,21). The summed E-state index contributed by atoms with van der Waals surface area (Å²) < 4.78 is 1.61. The molecule has 0 atom stereocenters. The molecule has 2 rings (SSSR count). The minimum atomic E-state index is -1.07. The van der Waals surface area contributed by atoms with E-state index < -0.39 is 5.97 Å². The van der Waals surface area contributed by atoms with Crippen LogP contribution in [0.3, 0.4) is 0 Å². The molecular weight excluding hydrogens is 294 g/mol. The second-order valence-electron chi connectivity index (χ2n) is 4.52. The zero-order valence-corrected chi connectivity index (χ0v) is 12.1. The van der Waals surface area contributed by atoms with E-state index in [1.165, 1.54) is 12.5 Å². The number of carbonyl (C=O) groups excluding carboxylic acids is 1. The maximum Gasteiger partial charge on any atom is 0.356 e. The van der Waals surface area contributed by atoms with Gasteiger partial charge in [0.05, 0.1) is 6.33 Å². The van der Waals surface area contributed by atoms with Crippen LogP contribution in [0.25, 0.3) is 0 Å². The topological polar surface area (TPSA) is 84.2 Å². The summed E-state index contributed by atoms with van der Waals surface area (Å²) in [6, 6.07) is 5.07. The first-order valence-corrected chi connectivity index (χ1v) is 6.64. The number of carboxylic acids is 1. The molecule has 0 fully saturated rings. The van der Waals surface area contributed by atoms with Gasteiger partial charge in [-0.15, -0.1) is 0 Å². The quantitative estimate of drug-likeness (QED) is 0.884. The average Bonchev–Trinajstić information content (AvgIpc) is 2.87. The molecule has 6 nitrogen and oxygen atoms in total. The lowest BCUT2D eigenvalue weighted by Crippen LogP contribution is -2.27. The molecule has 0 bridgehead atoms. The minimum Gasteiger partial charge on any atom is -0.476 e. The van der Waals surface area contributed by atoms with Gasteiger partial charge in [-0.1, -0.05) is 11.6 Å². The van der Waals surface area contributed by atoms with E-state index in [0.717, 1.165) is 5.56 Å². The van der Waals surface area contributed by atoms with Crippen molar-refractivity contribution in [3.05, 3.63) is 52.6 Å². The van der Waals surface area contributed by atoms with Gasteiger partial charge in [0.1, 0.15) is 0 Å². The Labute approximate surface area is 126 Å². The lowest BCUT2D eigenvalue weighted by molar-refractivity contribution is 0.0690. The summed E-state index contributed by atoms with van der Waals surface area (Å²) in [5, 5.41) is 12.1. The van der Waals surface area contributed by atoms with Crippen LogP contribution in [0.5, 0.6) is 0 Å². The van der Waals surface area contributed by atoms with E-state index in [-0.39, 0.29) is 11.6 Å². The Balaban J connectivity index is 1.90. The molecule has 2 aromatic rings. The molecule has 0 spiro atoms. The fourth-order valence-electron chi connectivity index (χ4n) is 1.87. The maximum atomic E-state index is 12.0. The highest BCUT2D eigenvalue weighted by Crippen LogP contribution is 2.14. The van der Waals surface area contributed by atoms with Gasteiger partial charge < -0.3 is 15.0 Å². The second-order valence-corrected chi connectivity index (χ2v) is 4.95. The van der Waals surface area contributed by atoms with Crippen LogP contribution in [0, 0.1) is 6.92 Å². The first-order valence-electron chi connectivity index (χ1n) is 6.27. The van der Waals surface area contributed by atoms with Crippen LogP contribution < -0.4 is 5.32 Å². The first-order chi connectivity index (χ1) is 9.97. The molecule has 0 aliphatic carbocycles. The lowest BCUT2D eigenvalue weighted by Gasteiger charge is -2.08. The Kier molecular flexibility index (Phi) is 4.59. The molecule has 0 radical (unpaired) electrons. The summed E-state index contributed by atoms with van der Waals surface area (Å²) in [5.41, 5.74) is 1.35. The van der Waals surface area contributed by atoms with Crippen molar-refractivity contribution in [2.45, 2.75) is 13.5 Å². The highest BCUT2D eigenvalue weighted by Gasteiger charge is 2.09. The van der Waals surface area contributed by atoms with Crippen molar-refractivity contribution in [1.29, 1.82) is 0 Å². The first kappa shape index (κ1) is 15.1. The number of imidazole rings is 1. The lowest BCUT2D eigenvalue weighted by atomic mass is 10.1. The van der Waals surface area contributed by atoms with Gasteiger partial charge in [0.15, 0.2) is 5.69 Å². The number of benzene rings is 1. The highest BCUT2D eigenvalue weighted by molar-refractivity contribution is 6.30. The molecule has 0 aliphatic rings. The smallest absolute Gasteiger partial charge is 0.356 e. The van der Waals surface area contributed by atoms with Crippen molar-refractivity contribution in [2.75, 3.05) is 6.54 Å². The number of nitrogens with one attached hydrogen (secondary N) is 1. The average molecular weight is 308 g/mol. The van der Waals surface area contributed by atoms with E-state index in [0.29, 0.717) is 23.7 Å². The van der Waals surface area contributed by atoms with Crippen molar-refractivity contribution in [2.24, 2.45) is 0 Å². The number of amides is 1. The predicted molar refractivity (Wildman–Crippen MR) is 77.7 cm³/mol. The Morgan fingerprint density at radius 3 is 2.81 bits per heavy atom. The van der Waals surface area contributed by atoms with Gasteiger partial charge in [0.25, 0.3) is 5.91 Å². The number of carbonyl (C=O) groups is 2. The molecule has 2 N–H and O–H groups in total. The molecule has 1 heterocycles. The molecule has 110 valence electrons. The van der Waals surface area contributed by atoms with Crippen LogP contribution >= 0.6 is 11.6 Å². The number of halogens is 1. The van der Waals surface area contributed by atoms with Crippen molar-refractivity contribution >= 4 is 23.5 Å². The van der Waals surface area contributed by atoms with Crippen molar-refractivity contribution in [3.8, 4) is 0 Å². The van der Waals surface area contributed by atoms with Gasteiger partial charge in [-0.3, -0.25) is 4.79 Å². The number of carboxylic acid groups (broad SMARTS) is 1. The van der Waals surface area contributed by atoms with Gasteiger partial charge >= 0.3 is 5.97 Å². The molecule has 21 heavy (non-hydrogen) atoms. The van der Waals surface area contributed by atoms with Crippen molar-refractivity contribution in [1.82, 2.24) is 14.9 Å². The summed E-state index contributed by atoms with van der Waals surface area (Å²) in [4.78, 5) is 26.4. The predicted octanol–water partition coefficient (Wildman–Crippen LogP) is 1.97. The van der Waals surface area contributed by atoms with E-state index in [9.17, 15) is 9.59 Å². The van der Waals surface area contributed by atoms with Crippen LogP contribution in [0.15, 0.2) is 30.7 Å². The molecule has 0 saturated carbocycles. The number of aromatic carboxylic acids is 1. The number of rotatable bonds is 5. The van der Waals surface area contributed by atoms with E-state index in [1.54, 1.807) is 22.8 Å². The number of aryl methyl sites for hydroxylation is 1. The zero-order chi connectivity index (χ0) is 15.4. The van der Waals surface area contributed by atoms with Gasteiger partial charge in [-0.05, 0) is 30.7 Å². The summed E-state index contributed by atoms with van der Waals surface area (Å²) in [6.45, 7) is 2.63. The van der Waals surface area contributed by atoms with Gasteiger partial charge in [-0.2, -0.15) is 0 Å². The van der Waals surface area contributed by atoms with Crippen molar-refractivity contribution in [3.63, 3.8) is 0 Å². The van der Waals surface area contributed by atoms with Gasteiger partial charge in [-0.25, -0.2) is 9.78 Å². The summed E-state index contributed by atoms with van der Waals surface area (Å²) in [6.07, 6.45) is 2.84. The third-order valence-electron chi connectivity index (χ3n) is 2.94. The maximum absolute atomic E-state index is 12.0. The fraction of sp³-hybridized carbons (Fsp3) is 0.214. The molecule has 1 amide bonds. The third-order valence-corrected chi connectivity index (χ3v) is 3.18. The molecule has 1 aromatic carbocycles. The molecule has 1 aromatic heterocycles. The number of hydrogen-bond donors (Lipinski definition) is 2. The van der Waals surface area contributed by atoms with Crippen LogP contribution in [-0.2, 0) is 6.54 Å². The summed E-state index contributed by atoms with van der Waals surface area (Å²) in [5.74, 6) is -1.27. The zero-order valence-electron chi connectivity index (χ0n) is 11.3. The molecule has 0 unspecified atom stereocenters.